The topological polar surface area (TPSA) is 99.0 Å². The average molecular weight is 483 g/mol. The van der Waals surface area contributed by atoms with Crippen molar-refractivity contribution in [2.24, 2.45) is 5.92 Å². The number of hydrogen-bond donors (Lipinski definition) is 2. The van der Waals surface area contributed by atoms with Crippen molar-refractivity contribution in [2.45, 2.75) is 26.7 Å². The molecule has 0 aliphatic carbocycles. The van der Waals surface area contributed by atoms with Gasteiger partial charge in [0.15, 0.2) is 5.82 Å². The Balaban J connectivity index is 1.53. The predicted molar refractivity (Wildman–Crippen MR) is 132 cm³/mol. The van der Waals surface area contributed by atoms with Gasteiger partial charge in [-0.05, 0) is 55.5 Å². The zero-order valence-corrected chi connectivity index (χ0v) is 20.1. The van der Waals surface area contributed by atoms with Crippen LogP contribution in [0, 0.1) is 18.7 Å². The number of fused-ring (bicyclic) bond motifs is 1. The van der Waals surface area contributed by atoms with Crippen molar-refractivity contribution in [3.8, 4) is 17.1 Å². The molecule has 0 spiro atoms. The Morgan fingerprint density at radius 3 is 2.63 bits per heavy atom. The number of aryl methyl sites for hydroxylation is 1. The molecule has 0 radical (unpaired) electrons. The summed E-state index contributed by atoms with van der Waals surface area (Å²) in [6, 6.07) is 9.95. The van der Waals surface area contributed by atoms with Gasteiger partial charge in [-0.25, -0.2) is 19.2 Å². The minimum absolute atomic E-state index is 0.0326. The number of phenolic OH excluding ortho intramolecular Hbond substituents is 1. The summed E-state index contributed by atoms with van der Waals surface area (Å²) in [7, 11) is 0. The van der Waals surface area contributed by atoms with Crippen molar-refractivity contribution in [1.29, 1.82) is 0 Å². The Labute approximate surface area is 204 Å². The SMILES string of the molecule is Cc1ccc2c(N3CCN(C(=O)OCCC(C)CCO)CC3)nc(-c3c(O)cccc3F)nc2c1. The molecule has 4 rings (SSSR count). The quantitative estimate of drug-likeness (QED) is 0.523. The first-order valence-corrected chi connectivity index (χ1v) is 11.9. The van der Waals surface area contributed by atoms with Crippen LogP contribution in [0.1, 0.15) is 25.3 Å². The largest absolute Gasteiger partial charge is 0.507 e. The minimum atomic E-state index is -0.594. The molecule has 1 atom stereocenters. The van der Waals surface area contributed by atoms with Crippen LogP contribution in [0.15, 0.2) is 36.4 Å². The molecule has 1 aliphatic rings. The molecule has 2 aromatic carbocycles. The van der Waals surface area contributed by atoms with E-state index in [1.165, 1.54) is 18.2 Å². The fraction of sp³-hybridized carbons (Fsp3) is 0.423. The number of rotatable bonds is 7. The fourth-order valence-corrected chi connectivity index (χ4v) is 4.21. The van der Waals surface area contributed by atoms with Crippen LogP contribution < -0.4 is 4.90 Å². The van der Waals surface area contributed by atoms with E-state index in [0.29, 0.717) is 62.9 Å². The summed E-state index contributed by atoms with van der Waals surface area (Å²) < 4.78 is 20.0. The number of halogens is 1. The first-order chi connectivity index (χ1) is 16.9. The molecule has 8 nitrogen and oxygen atoms in total. The lowest BCUT2D eigenvalue weighted by atomic mass is 10.1. The molecule has 1 saturated heterocycles. The highest BCUT2D eigenvalue weighted by atomic mass is 19.1. The number of aliphatic hydroxyl groups excluding tert-OH is 1. The smallest absolute Gasteiger partial charge is 0.409 e. The normalized spacial score (nSPS) is 14.9. The number of amides is 1. The number of nitrogens with zero attached hydrogens (tertiary/aromatic N) is 4. The number of ether oxygens (including phenoxy) is 1. The van der Waals surface area contributed by atoms with E-state index in [4.69, 9.17) is 9.84 Å². The van der Waals surface area contributed by atoms with E-state index in [1.807, 2.05) is 36.9 Å². The Kier molecular flexibility index (Phi) is 7.65. The van der Waals surface area contributed by atoms with E-state index in [1.54, 1.807) is 4.90 Å². The summed E-state index contributed by atoms with van der Waals surface area (Å²) in [4.78, 5) is 25.4. The number of benzene rings is 2. The number of aromatic nitrogens is 2. The molecule has 1 fully saturated rings. The van der Waals surface area contributed by atoms with Gasteiger partial charge in [0.25, 0.3) is 0 Å². The molecular weight excluding hydrogens is 451 g/mol. The molecule has 2 heterocycles. The summed E-state index contributed by atoms with van der Waals surface area (Å²) in [5.74, 6) is 0.237. The van der Waals surface area contributed by atoms with E-state index < -0.39 is 5.82 Å². The van der Waals surface area contributed by atoms with Gasteiger partial charge in [-0.2, -0.15) is 0 Å². The molecule has 35 heavy (non-hydrogen) atoms. The molecule has 0 bridgehead atoms. The number of piperazine rings is 1. The standard InChI is InChI=1S/C26H31FN4O4/c1-17(8-14-32)9-15-35-26(34)31-12-10-30(11-13-31)25-19-7-6-18(2)16-21(19)28-24(29-25)23-20(27)4-3-5-22(23)33/h3-7,16-17,32-33H,8-15H2,1-2H3. The minimum Gasteiger partial charge on any atom is -0.507 e. The van der Waals surface area contributed by atoms with Crippen LogP contribution in [0.25, 0.3) is 22.3 Å². The van der Waals surface area contributed by atoms with Crippen molar-refractivity contribution in [3.63, 3.8) is 0 Å². The first kappa shape index (κ1) is 24.7. The summed E-state index contributed by atoms with van der Waals surface area (Å²) in [5.41, 5.74) is 1.63. The lowest BCUT2D eigenvalue weighted by Gasteiger charge is -2.35. The Hall–Kier alpha value is -3.46. The second-order valence-electron chi connectivity index (χ2n) is 9.02. The van der Waals surface area contributed by atoms with Gasteiger partial charge in [-0.15, -0.1) is 0 Å². The summed E-state index contributed by atoms with van der Waals surface area (Å²) in [6.45, 7) is 6.41. The number of aromatic hydroxyl groups is 1. The third-order valence-corrected chi connectivity index (χ3v) is 6.34. The van der Waals surface area contributed by atoms with Crippen molar-refractivity contribution in [2.75, 3.05) is 44.3 Å². The number of aliphatic hydroxyl groups is 1. The monoisotopic (exact) mass is 482 g/mol. The zero-order valence-electron chi connectivity index (χ0n) is 20.1. The fourth-order valence-electron chi connectivity index (χ4n) is 4.21. The highest BCUT2D eigenvalue weighted by Gasteiger charge is 2.26. The molecule has 3 aromatic rings. The molecule has 1 amide bonds. The van der Waals surface area contributed by atoms with Gasteiger partial charge < -0.3 is 24.7 Å². The van der Waals surface area contributed by atoms with Crippen molar-refractivity contribution in [1.82, 2.24) is 14.9 Å². The third kappa shape index (κ3) is 5.62. The molecule has 1 unspecified atom stereocenters. The van der Waals surface area contributed by atoms with Gasteiger partial charge in [-0.3, -0.25) is 0 Å². The predicted octanol–water partition coefficient (Wildman–Crippen LogP) is 4.12. The maximum Gasteiger partial charge on any atom is 0.409 e. The second-order valence-corrected chi connectivity index (χ2v) is 9.02. The van der Waals surface area contributed by atoms with Gasteiger partial charge in [-0.1, -0.05) is 19.1 Å². The first-order valence-electron chi connectivity index (χ1n) is 11.9. The molecular formula is C26H31FN4O4. The van der Waals surface area contributed by atoms with E-state index in [2.05, 4.69) is 9.97 Å². The van der Waals surface area contributed by atoms with Crippen molar-refractivity contribution in [3.05, 3.63) is 47.8 Å². The lowest BCUT2D eigenvalue weighted by molar-refractivity contribution is 0.0940. The molecule has 2 N–H and O–H groups in total. The van der Waals surface area contributed by atoms with E-state index >= 15 is 0 Å². The van der Waals surface area contributed by atoms with Crippen molar-refractivity contribution < 1.29 is 24.1 Å². The average Bonchev–Trinajstić information content (AvgIpc) is 2.83. The molecule has 186 valence electrons. The lowest BCUT2D eigenvalue weighted by Crippen LogP contribution is -2.49. The highest BCUT2D eigenvalue weighted by molar-refractivity contribution is 5.92. The molecule has 9 heteroatoms. The summed E-state index contributed by atoms with van der Waals surface area (Å²) in [5, 5.41) is 20.1. The number of hydrogen-bond acceptors (Lipinski definition) is 7. The highest BCUT2D eigenvalue weighted by Crippen LogP contribution is 2.34. The maximum absolute atomic E-state index is 14.6. The van der Waals surface area contributed by atoms with E-state index in [-0.39, 0.29) is 29.8 Å². The van der Waals surface area contributed by atoms with Gasteiger partial charge in [0.1, 0.15) is 17.4 Å². The van der Waals surface area contributed by atoms with Crippen LogP contribution in [-0.4, -0.2) is 70.6 Å². The third-order valence-electron chi connectivity index (χ3n) is 6.34. The van der Waals surface area contributed by atoms with Crippen LogP contribution in [0.4, 0.5) is 15.0 Å². The Morgan fingerprint density at radius 1 is 1.14 bits per heavy atom. The van der Waals surface area contributed by atoms with Gasteiger partial charge in [0.05, 0.1) is 17.7 Å². The second kappa shape index (κ2) is 10.9. The molecule has 1 aliphatic heterocycles. The van der Waals surface area contributed by atoms with Gasteiger partial charge in [0.2, 0.25) is 0 Å². The Morgan fingerprint density at radius 2 is 1.91 bits per heavy atom. The zero-order chi connectivity index (χ0) is 24.9. The number of carbonyl (C=O) groups excluding carboxylic acids is 1. The van der Waals surface area contributed by atoms with Crippen LogP contribution in [-0.2, 0) is 4.74 Å². The van der Waals surface area contributed by atoms with E-state index in [9.17, 15) is 14.3 Å². The Bertz CT molecular complexity index is 1180. The van der Waals surface area contributed by atoms with Crippen LogP contribution in [0.3, 0.4) is 0 Å². The number of phenols is 1. The summed E-state index contributed by atoms with van der Waals surface area (Å²) in [6.07, 6.45) is 1.06. The van der Waals surface area contributed by atoms with Crippen LogP contribution in [0.5, 0.6) is 5.75 Å². The van der Waals surface area contributed by atoms with Gasteiger partial charge in [0, 0.05) is 38.2 Å². The number of carbonyl (C=O) groups is 1. The maximum atomic E-state index is 14.6. The summed E-state index contributed by atoms with van der Waals surface area (Å²) >= 11 is 0. The van der Waals surface area contributed by atoms with Crippen molar-refractivity contribution >= 4 is 22.8 Å². The number of anilines is 1. The van der Waals surface area contributed by atoms with Crippen LogP contribution in [0.2, 0.25) is 0 Å². The van der Waals surface area contributed by atoms with E-state index in [0.717, 1.165) is 10.9 Å². The molecule has 0 saturated carbocycles. The van der Waals surface area contributed by atoms with Crippen LogP contribution >= 0.6 is 0 Å². The van der Waals surface area contributed by atoms with Gasteiger partial charge >= 0.3 is 6.09 Å². The molecule has 1 aromatic heterocycles.